The molecule has 0 saturated heterocycles. The molecule has 120 valence electrons. The van der Waals surface area contributed by atoms with E-state index < -0.39 is 0 Å². The molecule has 0 saturated carbocycles. The lowest BCUT2D eigenvalue weighted by atomic mass is 10.0. The minimum absolute atomic E-state index is 0.0250. The molecule has 2 aromatic rings. The van der Waals surface area contributed by atoms with E-state index in [0.29, 0.717) is 13.0 Å². The van der Waals surface area contributed by atoms with Crippen LogP contribution in [0.15, 0.2) is 60.3 Å². The minimum Gasteiger partial charge on any atom is -0.496 e. The lowest BCUT2D eigenvalue weighted by molar-refractivity contribution is -0.125. The van der Waals surface area contributed by atoms with Gasteiger partial charge >= 0.3 is 0 Å². The number of hydrogen-bond acceptors (Lipinski definition) is 3. The predicted octanol–water partition coefficient (Wildman–Crippen LogP) is 3.24. The number of benzene rings is 1. The average molecular weight is 310 g/mol. The van der Waals surface area contributed by atoms with E-state index in [4.69, 9.17) is 4.74 Å². The summed E-state index contributed by atoms with van der Waals surface area (Å²) in [5, 5.41) is 0. The summed E-state index contributed by atoms with van der Waals surface area (Å²) in [6.45, 7) is 2.46. The van der Waals surface area contributed by atoms with Crippen LogP contribution >= 0.6 is 0 Å². The molecule has 0 bridgehead atoms. The van der Waals surface area contributed by atoms with Gasteiger partial charge in [0.05, 0.1) is 19.3 Å². The summed E-state index contributed by atoms with van der Waals surface area (Å²) in [4.78, 5) is 18.2. The second-order valence-electron chi connectivity index (χ2n) is 5.49. The summed E-state index contributed by atoms with van der Waals surface area (Å²) in [6.07, 6.45) is 4.10. The zero-order valence-corrected chi connectivity index (χ0v) is 13.8. The molecule has 0 unspecified atom stereocenters. The van der Waals surface area contributed by atoms with Crippen molar-refractivity contribution in [3.8, 4) is 5.75 Å². The van der Waals surface area contributed by atoms with Gasteiger partial charge in [0, 0.05) is 19.3 Å². The Labute approximate surface area is 137 Å². The van der Waals surface area contributed by atoms with Crippen LogP contribution in [-0.2, 0) is 17.8 Å². The van der Waals surface area contributed by atoms with Crippen LogP contribution in [0, 0.1) is 0 Å². The van der Waals surface area contributed by atoms with Crippen molar-refractivity contribution in [3.63, 3.8) is 0 Å². The highest BCUT2D eigenvalue weighted by atomic mass is 16.5. The smallest absolute Gasteiger partial charge is 0.246 e. The van der Waals surface area contributed by atoms with Crippen molar-refractivity contribution in [2.45, 2.75) is 19.9 Å². The number of pyridine rings is 1. The molecule has 4 nitrogen and oxygen atoms in total. The number of rotatable bonds is 6. The van der Waals surface area contributed by atoms with Crippen molar-refractivity contribution >= 4 is 5.91 Å². The van der Waals surface area contributed by atoms with E-state index in [0.717, 1.165) is 22.6 Å². The van der Waals surface area contributed by atoms with E-state index >= 15 is 0 Å². The van der Waals surface area contributed by atoms with Crippen LogP contribution in [0.2, 0.25) is 0 Å². The van der Waals surface area contributed by atoms with E-state index in [1.54, 1.807) is 31.3 Å². The van der Waals surface area contributed by atoms with Gasteiger partial charge < -0.3 is 9.64 Å². The Bertz CT molecular complexity index is 681. The maximum atomic E-state index is 12.3. The molecule has 0 radical (unpaired) electrons. The van der Waals surface area contributed by atoms with Crippen LogP contribution in [0.25, 0.3) is 0 Å². The van der Waals surface area contributed by atoms with Gasteiger partial charge in [-0.25, -0.2) is 0 Å². The molecule has 0 aliphatic carbocycles. The zero-order valence-electron chi connectivity index (χ0n) is 13.8. The van der Waals surface area contributed by atoms with Gasteiger partial charge in [-0.1, -0.05) is 29.8 Å². The first-order valence-electron chi connectivity index (χ1n) is 7.54. The number of carbonyl (C=O) groups is 1. The number of nitrogens with zero attached hydrogens (tertiary/aromatic N) is 2. The first kappa shape index (κ1) is 16.7. The topological polar surface area (TPSA) is 42.4 Å². The van der Waals surface area contributed by atoms with Gasteiger partial charge in [0.15, 0.2) is 0 Å². The maximum Gasteiger partial charge on any atom is 0.246 e. The Kier molecular flexibility index (Phi) is 5.92. The number of methoxy groups -OCH3 is 1. The molecule has 1 heterocycles. The third-order valence-corrected chi connectivity index (χ3v) is 3.53. The summed E-state index contributed by atoms with van der Waals surface area (Å²) in [5.41, 5.74) is 2.94. The maximum absolute atomic E-state index is 12.3. The molecule has 1 amide bonds. The Balaban J connectivity index is 2.00. The summed E-state index contributed by atoms with van der Waals surface area (Å²) < 4.78 is 5.35. The fourth-order valence-corrected chi connectivity index (χ4v) is 2.33. The summed E-state index contributed by atoms with van der Waals surface area (Å²) in [7, 11) is 3.44. The Hall–Kier alpha value is -2.62. The fourth-order valence-electron chi connectivity index (χ4n) is 2.33. The van der Waals surface area contributed by atoms with Crippen LogP contribution in [0.4, 0.5) is 0 Å². The standard InChI is InChI=1S/C19H22N2O2/c1-15(12-16-8-4-5-10-18(16)23-3)13-19(22)21(2)14-17-9-6-7-11-20-17/h4-11,13H,12,14H2,1-3H3/b15-13+. The van der Waals surface area contributed by atoms with Gasteiger partial charge in [-0.15, -0.1) is 0 Å². The van der Waals surface area contributed by atoms with Crippen LogP contribution < -0.4 is 4.74 Å². The van der Waals surface area contributed by atoms with Gasteiger partial charge in [0.25, 0.3) is 0 Å². The third-order valence-electron chi connectivity index (χ3n) is 3.53. The molecule has 1 aromatic carbocycles. The second kappa shape index (κ2) is 8.13. The van der Waals surface area contributed by atoms with Gasteiger partial charge in [-0.2, -0.15) is 0 Å². The van der Waals surface area contributed by atoms with Crippen molar-refractivity contribution in [1.29, 1.82) is 0 Å². The normalized spacial score (nSPS) is 11.2. The van der Waals surface area contributed by atoms with Gasteiger partial charge in [0.1, 0.15) is 5.75 Å². The predicted molar refractivity (Wildman–Crippen MR) is 91.2 cm³/mol. The molecular weight excluding hydrogens is 288 g/mol. The van der Waals surface area contributed by atoms with Crippen LogP contribution in [0.1, 0.15) is 18.2 Å². The molecule has 4 heteroatoms. The molecule has 0 N–H and O–H groups in total. The number of hydrogen-bond donors (Lipinski definition) is 0. The van der Waals surface area contributed by atoms with Crippen molar-refractivity contribution in [3.05, 3.63) is 71.6 Å². The Morgan fingerprint density at radius 3 is 2.65 bits per heavy atom. The van der Waals surface area contributed by atoms with E-state index in [1.165, 1.54) is 0 Å². The van der Waals surface area contributed by atoms with Gasteiger partial charge in [-0.3, -0.25) is 9.78 Å². The molecule has 0 atom stereocenters. The van der Waals surface area contributed by atoms with Crippen LogP contribution in [-0.4, -0.2) is 29.9 Å². The number of allylic oxidation sites excluding steroid dienone is 1. The first-order valence-corrected chi connectivity index (χ1v) is 7.54. The number of likely N-dealkylation sites (N-methyl/N-ethyl adjacent to an activating group) is 1. The number of amides is 1. The van der Waals surface area contributed by atoms with Crippen LogP contribution in [0.5, 0.6) is 5.75 Å². The van der Waals surface area contributed by atoms with E-state index in [-0.39, 0.29) is 5.91 Å². The molecule has 0 spiro atoms. The zero-order chi connectivity index (χ0) is 16.7. The monoisotopic (exact) mass is 310 g/mol. The van der Waals surface area contributed by atoms with Crippen molar-refractivity contribution < 1.29 is 9.53 Å². The molecule has 0 aliphatic heterocycles. The Morgan fingerprint density at radius 1 is 1.22 bits per heavy atom. The highest BCUT2D eigenvalue weighted by Crippen LogP contribution is 2.20. The molecule has 1 aromatic heterocycles. The number of ether oxygens (including phenoxy) is 1. The minimum atomic E-state index is -0.0250. The third kappa shape index (κ3) is 4.95. The molecular formula is C19H22N2O2. The summed E-state index contributed by atoms with van der Waals surface area (Å²) in [5.74, 6) is 0.817. The van der Waals surface area contributed by atoms with E-state index in [9.17, 15) is 4.79 Å². The molecule has 0 aliphatic rings. The number of carbonyl (C=O) groups excluding carboxylic acids is 1. The SMILES string of the molecule is COc1ccccc1C/C(C)=C/C(=O)N(C)Cc1ccccn1. The average Bonchev–Trinajstić information content (AvgIpc) is 2.56. The van der Waals surface area contributed by atoms with Gasteiger partial charge in [0.2, 0.25) is 5.91 Å². The molecule has 23 heavy (non-hydrogen) atoms. The van der Waals surface area contributed by atoms with E-state index in [1.807, 2.05) is 49.4 Å². The van der Waals surface area contributed by atoms with Crippen molar-refractivity contribution in [1.82, 2.24) is 9.88 Å². The first-order chi connectivity index (χ1) is 11.1. The number of aromatic nitrogens is 1. The fraction of sp³-hybridized carbons (Fsp3) is 0.263. The highest BCUT2D eigenvalue weighted by Gasteiger charge is 2.09. The largest absolute Gasteiger partial charge is 0.496 e. The molecule has 0 fully saturated rings. The Morgan fingerprint density at radius 2 is 1.96 bits per heavy atom. The van der Waals surface area contributed by atoms with Gasteiger partial charge in [-0.05, 0) is 37.1 Å². The number of para-hydroxylation sites is 1. The summed E-state index contributed by atoms with van der Waals surface area (Å²) >= 11 is 0. The van der Waals surface area contributed by atoms with Crippen molar-refractivity contribution in [2.75, 3.05) is 14.2 Å². The lowest BCUT2D eigenvalue weighted by Crippen LogP contribution is -2.25. The summed E-state index contributed by atoms with van der Waals surface area (Å²) in [6, 6.07) is 13.5. The van der Waals surface area contributed by atoms with Crippen LogP contribution in [0.3, 0.4) is 0 Å². The second-order valence-corrected chi connectivity index (χ2v) is 5.49. The van der Waals surface area contributed by atoms with E-state index in [2.05, 4.69) is 4.98 Å². The molecule has 2 rings (SSSR count). The quantitative estimate of drug-likeness (QED) is 0.769. The highest BCUT2D eigenvalue weighted by molar-refractivity contribution is 5.88. The lowest BCUT2D eigenvalue weighted by Gasteiger charge is -2.15. The van der Waals surface area contributed by atoms with Crippen molar-refractivity contribution in [2.24, 2.45) is 0 Å².